The zero-order valence-corrected chi connectivity index (χ0v) is 15.6. The van der Waals surface area contributed by atoms with E-state index in [0.717, 1.165) is 31.7 Å². The molecular weight excluding hydrogens is 346 g/mol. The van der Waals surface area contributed by atoms with Crippen molar-refractivity contribution in [2.75, 3.05) is 18.4 Å². The lowest BCUT2D eigenvalue weighted by molar-refractivity contribution is -0.117. The maximum Gasteiger partial charge on any atom is 0.244 e. The Bertz CT molecular complexity index is 729. The number of rotatable bonds is 5. The Hall–Kier alpha value is -1.80. The van der Waals surface area contributed by atoms with Gasteiger partial charge in [0.15, 0.2) is 5.13 Å². The molecule has 2 atom stereocenters. The second-order valence-corrected chi connectivity index (χ2v) is 7.87. The highest BCUT2D eigenvalue weighted by Gasteiger charge is 2.30. The lowest BCUT2D eigenvalue weighted by Gasteiger charge is -2.25. The van der Waals surface area contributed by atoms with Gasteiger partial charge in [-0.3, -0.25) is 9.69 Å². The van der Waals surface area contributed by atoms with Crippen LogP contribution >= 0.6 is 11.3 Å². The monoisotopic (exact) mass is 371 g/mol. The molecule has 6 nitrogen and oxygen atoms in total. The van der Waals surface area contributed by atoms with Crippen molar-refractivity contribution in [3.05, 3.63) is 47.0 Å². The number of hydrogen-bond donors (Lipinski definition) is 3. The number of piperidine rings is 1. The first-order valence-corrected chi connectivity index (χ1v) is 10.2. The van der Waals surface area contributed by atoms with Crippen LogP contribution in [-0.4, -0.2) is 34.9 Å². The summed E-state index contributed by atoms with van der Waals surface area (Å²) in [7, 11) is 0. The lowest BCUT2D eigenvalue weighted by Crippen LogP contribution is -2.39. The number of likely N-dealkylation sites (tertiary alicyclic amines) is 1. The van der Waals surface area contributed by atoms with Crippen LogP contribution in [-0.2, 0) is 11.3 Å². The molecule has 0 aliphatic carbocycles. The summed E-state index contributed by atoms with van der Waals surface area (Å²) in [4.78, 5) is 19.6. The molecule has 2 fully saturated rings. The van der Waals surface area contributed by atoms with Gasteiger partial charge in [-0.2, -0.15) is 0 Å². The Kier molecular flexibility index (Phi) is 5.59. The number of anilines is 1. The summed E-state index contributed by atoms with van der Waals surface area (Å²) < 4.78 is 0. The summed E-state index contributed by atoms with van der Waals surface area (Å²) >= 11 is 1.50. The van der Waals surface area contributed by atoms with Gasteiger partial charge in [0, 0.05) is 18.0 Å². The third-order valence-electron chi connectivity index (χ3n) is 5.04. The van der Waals surface area contributed by atoms with Crippen LogP contribution in [0.25, 0.3) is 0 Å². The fourth-order valence-corrected chi connectivity index (χ4v) is 4.31. The summed E-state index contributed by atoms with van der Waals surface area (Å²) in [6, 6.07) is 10.1. The number of amides is 1. The van der Waals surface area contributed by atoms with Crippen molar-refractivity contribution < 1.29 is 4.79 Å². The zero-order chi connectivity index (χ0) is 17.8. The van der Waals surface area contributed by atoms with Gasteiger partial charge in [0.2, 0.25) is 5.91 Å². The van der Waals surface area contributed by atoms with E-state index >= 15 is 0 Å². The van der Waals surface area contributed by atoms with Crippen LogP contribution in [0.2, 0.25) is 0 Å². The molecule has 1 aromatic carbocycles. The summed E-state index contributed by atoms with van der Waals surface area (Å²) in [5.41, 5.74) is 8.56. The predicted molar refractivity (Wildman–Crippen MR) is 104 cm³/mol. The van der Waals surface area contributed by atoms with Gasteiger partial charge in [-0.25, -0.2) is 15.8 Å². The van der Waals surface area contributed by atoms with Gasteiger partial charge >= 0.3 is 0 Å². The van der Waals surface area contributed by atoms with Gasteiger partial charge in [0.25, 0.3) is 0 Å². The van der Waals surface area contributed by atoms with Crippen molar-refractivity contribution in [1.29, 1.82) is 0 Å². The Morgan fingerprint density at radius 2 is 2.00 bits per heavy atom. The van der Waals surface area contributed by atoms with Crippen molar-refractivity contribution in [3.8, 4) is 0 Å². The van der Waals surface area contributed by atoms with Gasteiger partial charge in [-0.05, 0) is 37.9 Å². The van der Waals surface area contributed by atoms with Crippen LogP contribution in [0.1, 0.15) is 43.0 Å². The Labute approximate surface area is 158 Å². The highest BCUT2D eigenvalue weighted by atomic mass is 32.1. The molecule has 0 spiro atoms. The molecule has 0 radical (unpaired) electrons. The van der Waals surface area contributed by atoms with Crippen molar-refractivity contribution >= 4 is 22.4 Å². The number of thiazole rings is 1. The van der Waals surface area contributed by atoms with E-state index < -0.39 is 0 Å². The molecule has 3 heterocycles. The van der Waals surface area contributed by atoms with Crippen molar-refractivity contribution in [1.82, 2.24) is 20.7 Å². The molecule has 0 saturated carbocycles. The molecule has 4 rings (SSSR count). The summed E-state index contributed by atoms with van der Waals surface area (Å²) in [5, 5.41) is 5.70. The summed E-state index contributed by atoms with van der Waals surface area (Å²) in [6.45, 7) is 3.18. The number of aromatic nitrogens is 1. The molecule has 2 aliphatic rings. The molecule has 7 heteroatoms. The Balaban J connectivity index is 1.30. The standard InChI is InChI=1S/C19H25N5OS/c25-18(17-11-16(22-23-17)14-7-3-1-4-8-14)21-19-20-15(13-26-19)12-24-9-5-2-6-10-24/h1,3-4,7-8,13,16-17,22-23H,2,5-6,9-12H2,(H,20,21,25). The number of nitrogens with zero attached hydrogens (tertiary/aromatic N) is 2. The largest absolute Gasteiger partial charge is 0.301 e. The van der Waals surface area contributed by atoms with Crippen LogP contribution in [0, 0.1) is 0 Å². The molecule has 1 aromatic heterocycles. The average molecular weight is 372 g/mol. The average Bonchev–Trinajstić information content (AvgIpc) is 3.33. The molecule has 2 unspecified atom stereocenters. The SMILES string of the molecule is O=C(Nc1nc(CN2CCCCC2)cs1)C1CC(c2ccccc2)NN1. The van der Waals surface area contributed by atoms with Crippen LogP contribution in [0.15, 0.2) is 35.7 Å². The van der Waals surface area contributed by atoms with Gasteiger partial charge in [0.05, 0.1) is 5.69 Å². The molecule has 138 valence electrons. The smallest absolute Gasteiger partial charge is 0.244 e. The highest BCUT2D eigenvalue weighted by Crippen LogP contribution is 2.24. The molecule has 1 amide bonds. The molecule has 2 aromatic rings. The molecule has 0 bridgehead atoms. The lowest BCUT2D eigenvalue weighted by atomic mass is 10.0. The quantitative estimate of drug-likeness (QED) is 0.754. The van der Waals surface area contributed by atoms with Gasteiger partial charge in [0.1, 0.15) is 6.04 Å². The van der Waals surface area contributed by atoms with E-state index in [1.807, 2.05) is 18.2 Å². The van der Waals surface area contributed by atoms with E-state index in [-0.39, 0.29) is 18.0 Å². The van der Waals surface area contributed by atoms with Gasteiger partial charge in [-0.1, -0.05) is 36.8 Å². The first kappa shape index (κ1) is 17.6. The maximum atomic E-state index is 12.5. The molecule has 2 aliphatic heterocycles. The van der Waals surface area contributed by atoms with E-state index in [0.29, 0.717) is 5.13 Å². The first-order chi connectivity index (χ1) is 12.8. The Morgan fingerprint density at radius 1 is 1.19 bits per heavy atom. The van der Waals surface area contributed by atoms with Gasteiger partial charge in [-0.15, -0.1) is 11.3 Å². The fourth-order valence-electron chi connectivity index (χ4n) is 3.61. The minimum Gasteiger partial charge on any atom is -0.301 e. The van der Waals surface area contributed by atoms with Crippen LogP contribution in [0.5, 0.6) is 0 Å². The Morgan fingerprint density at radius 3 is 2.81 bits per heavy atom. The number of benzene rings is 1. The minimum absolute atomic E-state index is 0.0326. The van der Waals surface area contributed by atoms with Crippen molar-refractivity contribution in [2.24, 2.45) is 0 Å². The van der Waals surface area contributed by atoms with E-state index in [1.165, 1.54) is 36.2 Å². The number of carbonyl (C=O) groups is 1. The predicted octanol–water partition coefficient (Wildman–Crippen LogP) is 2.68. The molecule has 3 N–H and O–H groups in total. The van der Waals surface area contributed by atoms with Crippen molar-refractivity contribution in [2.45, 2.75) is 44.3 Å². The molecule has 26 heavy (non-hydrogen) atoms. The topological polar surface area (TPSA) is 69.3 Å². The number of hydrogen-bond acceptors (Lipinski definition) is 6. The summed E-state index contributed by atoms with van der Waals surface area (Å²) in [6.07, 6.45) is 4.61. The van der Waals surface area contributed by atoms with E-state index in [1.54, 1.807) is 0 Å². The highest BCUT2D eigenvalue weighted by molar-refractivity contribution is 7.13. The second kappa shape index (κ2) is 8.26. The van der Waals surface area contributed by atoms with E-state index in [9.17, 15) is 4.79 Å². The van der Waals surface area contributed by atoms with E-state index in [2.05, 4.69) is 43.6 Å². The number of hydrazine groups is 1. The van der Waals surface area contributed by atoms with Gasteiger partial charge < -0.3 is 5.32 Å². The third-order valence-corrected chi connectivity index (χ3v) is 5.84. The number of nitrogens with one attached hydrogen (secondary N) is 3. The molecule has 2 saturated heterocycles. The number of carbonyl (C=O) groups excluding carboxylic acids is 1. The molecular formula is C19H25N5OS. The summed E-state index contributed by atoms with van der Waals surface area (Å²) in [5.74, 6) is -0.0326. The third kappa shape index (κ3) is 4.29. The minimum atomic E-state index is -0.255. The first-order valence-electron chi connectivity index (χ1n) is 9.31. The van der Waals surface area contributed by atoms with E-state index in [4.69, 9.17) is 0 Å². The van der Waals surface area contributed by atoms with Crippen LogP contribution in [0.4, 0.5) is 5.13 Å². The van der Waals surface area contributed by atoms with Crippen LogP contribution in [0.3, 0.4) is 0 Å². The normalized spacial score (nSPS) is 23.8. The zero-order valence-electron chi connectivity index (χ0n) is 14.8. The second-order valence-electron chi connectivity index (χ2n) is 7.01. The van der Waals surface area contributed by atoms with Crippen LogP contribution < -0.4 is 16.2 Å². The maximum absolute atomic E-state index is 12.5. The van der Waals surface area contributed by atoms with Crippen molar-refractivity contribution in [3.63, 3.8) is 0 Å². The fraction of sp³-hybridized carbons (Fsp3) is 0.474.